The summed E-state index contributed by atoms with van der Waals surface area (Å²) in [7, 11) is -1.47. The van der Waals surface area contributed by atoms with Crippen LogP contribution in [0.1, 0.15) is 23.7 Å². The van der Waals surface area contributed by atoms with Gasteiger partial charge in [-0.15, -0.1) is 0 Å². The number of para-hydroxylation sites is 1. The highest BCUT2D eigenvalue weighted by Gasteiger charge is 2.21. The van der Waals surface area contributed by atoms with Crippen LogP contribution in [0.4, 0.5) is 0 Å². The highest BCUT2D eigenvalue weighted by atomic mass is 28.3. The lowest BCUT2D eigenvalue weighted by Crippen LogP contribution is -2.30. The number of carbonyl (C=O) groups is 2. The van der Waals surface area contributed by atoms with Gasteiger partial charge in [0.25, 0.3) is 5.91 Å². The molecule has 2 N–H and O–H groups in total. The number of esters is 1. The average Bonchev–Trinajstić information content (AvgIpc) is 2.43. The van der Waals surface area contributed by atoms with Crippen LogP contribution in [0.5, 0.6) is 11.5 Å². The molecule has 1 rings (SSSR count). The zero-order chi connectivity index (χ0) is 16.9. The number of hydrogen-bond acceptors (Lipinski definition) is 4. The molecule has 0 radical (unpaired) electrons. The van der Waals surface area contributed by atoms with Crippen molar-refractivity contribution in [2.45, 2.75) is 33.0 Å². The first-order valence-electron chi connectivity index (χ1n) is 7.11. The summed E-state index contributed by atoms with van der Waals surface area (Å²) in [6.45, 7) is 11.9. The number of amides is 1. The van der Waals surface area contributed by atoms with Gasteiger partial charge in [0.15, 0.2) is 11.5 Å². The van der Waals surface area contributed by atoms with E-state index in [2.05, 4.69) is 26.2 Å². The van der Waals surface area contributed by atoms with E-state index in [0.29, 0.717) is 24.0 Å². The average molecular weight is 321 g/mol. The molecule has 1 aromatic rings. The maximum Gasteiger partial charge on any atom is 0.338 e. The van der Waals surface area contributed by atoms with Crippen LogP contribution in [-0.4, -0.2) is 26.2 Å². The van der Waals surface area contributed by atoms with Gasteiger partial charge in [0.1, 0.15) is 0 Å². The zero-order valence-electron chi connectivity index (χ0n) is 13.6. The molecule has 0 aliphatic rings. The van der Waals surface area contributed by atoms with Crippen LogP contribution in [0.3, 0.4) is 0 Å². The van der Waals surface area contributed by atoms with Gasteiger partial charge in [-0.3, -0.25) is 4.79 Å². The highest BCUT2D eigenvalue weighted by Crippen LogP contribution is 2.32. The van der Waals surface area contributed by atoms with Gasteiger partial charge in [-0.25, -0.2) is 4.79 Å². The molecule has 22 heavy (non-hydrogen) atoms. The molecule has 1 amide bonds. The van der Waals surface area contributed by atoms with Crippen molar-refractivity contribution < 1.29 is 19.1 Å². The fraction of sp³-hybridized carbons (Fsp3) is 0.375. The Balaban J connectivity index is 3.16. The molecule has 0 unspecified atom stereocenters. The van der Waals surface area contributed by atoms with E-state index in [0.717, 1.165) is 0 Å². The molecule has 120 valence electrons. The molecule has 0 aliphatic heterocycles. The standard InChI is InChI=1S/C16H23NO4Si/c1-6-11(2)16(19)21-14-12(15(17)18)8-7-9-13(14)20-10-22(3,4)5/h7-9H,2,6,10H2,1,3-5H3,(H2,17,18). The molecule has 0 bridgehead atoms. The number of carbonyl (C=O) groups excluding carboxylic acids is 2. The van der Waals surface area contributed by atoms with E-state index in [9.17, 15) is 9.59 Å². The van der Waals surface area contributed by atoms with E-state index in [1.165, 1.54) is 6.07 Å². The van der Waals surface area contributed by atoms with Gasteiger partial charge in [-0.2, -0.15) is 0 Å². The smallest absolute Gasteiger partial charge is 0.338 e. The summed E-state index contributed by atoms with van der Waals surface area (Å²) in [6, 6.07) is 4.80. The molecule has 0 saturated heterocycles. The van der Waals surface area contributed by atoms with E-state index in [1.807, 2.05) is 0 Å². The van der Waals surface area contributed by atoms with Gasteiger partial charge >= 0.3 is 5.97 Å². The lowest BCUT2D eigenvalue weighted by atomic mass is 10.1. The van der Waals surface area contributed by atoms with Gasteiger partial charge < -0.3 is 15.2 Å². The maximum atomic E-state index is 12.0. The summed E-state index contributed by atoms with van der Waals surface area (Å²) in [5.41, 5.74) is 5.78. The largest absolute Gasteiger partial charge is 0.493 e. The van der Waals surface area contributed by atoms with E-state index in [4.69, 9.17) is 15.2 Å². The second-order valence-corrected chi connectivity index (χ2v) is 11.6. The summed E-state index contributed by atoms with van der Waals surface area (Å²) in [6.07, 6.45) is 0.997. The molecule has 5 nitrogen and oxygen atoms in total. The lowest BCUT2D eigenvalue weighted by Gasteiger charge is -2.19. The predicted molar refractivity (Wildman–Crippen MR) is 88.9 cm³/mol. The van der Waals surface area contributed by atoms with Crippen LogP contribution in [0.25, 0.3) is 0 Å². The van der Waals surface area contributed by atoms with Crippen molar-refractivity contribution in [1.82, 2.24) is 0 Å². The van der Waals surface area contributed by atoms with Crippen molar-refractivity contribution >= 4 is 20.0 Å². The summed E-state index contributed by atoms with van der Waals surface area (Å²) in [5.74, 6) is -0.860. The molecule has 1 aromatic carbocycles. The van der Waals surface area contributed by atoms with E-state index < -0.39 is 20.0 Å². The summed E-state index contributed by atoms with van der Waals surface area (Å²) in [4.78, 5) is 23.5. The van der Waals surface area contributed by atoms with E-state index in [-0.39, 0.29) is 11.3 Å². The molecule has 6 heteroatoms. The Morgan fingerprint density at radius 1 is 1.27 bits per heavy atom. The number of hydrogen-bond donors (Lipinski definition) is 1. The van der Waals surface area contributed by atoms with Crippen molar-refractivity contribution in [2.24, 2.45) is 5.73 Å². The van der Waals surface area contributed by atoms with Gasteiger partial charge in [-0.05, 0) is 18.6 Å². The molecule has 0 aliphatic carbocycles. The Morgan fingerprint density at radius 2 is 1.91 bits per heavy atom. The number of ether oxygens (including phenoxy) is 2. The first kappa shape index (κ1) is 18.0. The SMILES string of the molecule is C=C(CC)C(=O)Oc1c(OC[Si](C)(C)C)cccc1C(N)=O. The third-order valence-corrected chi connectivity index (χ3v) is 3.83. The van der Waals surface area contributed by atoms with Gasteiger partial charge in [0, 0.05) is 5.57 Å². The van der Waals surface area contributed by atoms with Crippen LogP contribution in [0.15, 0.2) is 30.4 Å². The molecule has 0 heterocycles. The van der Waals surface area contributed by atoms with Gasteiger partial charge in [-0.1, -0.05) is 39.2 Å². The van der Waals surface area contributed by atoms with Crippen molar-refractivity contribution in [3.63, 3.8) is 0 Å². The third kappa shape index (κ3) is 5.03. The number of nitrogens with two attached hydrogens (primary N) is 1. The first-order chi connectivity index (χ1) is 10.2. The van der Waals surface area contributed by atoms with Gasteiger partial charge in [0.05, 0.1) is 19.9 Å². The zero-order valence-corrected chi connectivity index (χ0v) is 14.6. The van der Waals surface area contributed by atoms with E-state index >= 15 is 0 Å². The summed E-state index contributed by atoms with van der Waals surface area (Å²) in [5, 5.41) is 0. The molecule has 0 spiro atoms. The topological polar surface area (TPSA) is 78.6 Å². The van der Waals surface area contributed by atoms with Crippen molar-refractivity contribution in [2.75, 3.05) is 6.23 Å². The summed E-state index contributed by atoms with van der Waals surface area (Å²) >= 11 is 0. The Labute approximate surface area is 132 Å². The quantitative estimate of drug-likeness (QED) is 0.362. The molecule has 0 atom stereocenters. The Kier molecular flexibility index (Phi) is 5.93. The minimum Gasteiger partial charge on any atom is -0.493 e. The second-order valence-electron chi connectivity index (χ2n) is 6.19. The fourth-order valence-electron chi connectivity index (χ4n) is 1.53. The Bertz CT molecular complexity index is 590. The fourth-order valence-corrected chi connectivity index (χ4v) is 2.12. The van der Waals surface area contributed by atoms with Crippen molar-refractivity contribution in [3.05, 3.63) is 35.9 Å². The highest BCUT2D eigenvalue weighted by molar-refractivity contribution is 6.76. The molecule has 0 fully saturated rings. The van der Waals surface area contributed by atoms with Crippen LogP contribution < -0.4 is 15.2 Å². The Hall–Kier alpha value is -2.08. The number of benzene rings is 1. The second kappa shape index (κ2) is 7.26. The molecule has 0 aromatic heterocycles. The van der Waals surface area contributed by atoms with Gasteiger partial charge in [0.2, 0.25) is 0 Å². The molecule has 0 saturated carbocycles. The third-order valence-electron chi connectivity index (χ3n) is 2.82. The van der Waals surface area contributed by atoms with Crippen molar-refractivity contribution in [3.8, 4) is 11.5 Å². The van der Waals surface area contributed by atoms with Crippen LogP contribution >= 0.6 is 0 Å². The normalized spacial score (nSPS) is 10.9. The number of primary amides is 1. The maximum absolute atomic E-state index is 12.0. The van der Waals surface area contributed by atoms with Crippen LogP contribution in [0, 0.1) is 0 Å². The molecular formula is C16H23NO4Si. The minimum absolute atomic E-state index is 0.0628. The van der Waals surface area contributed by atoms with E-state index in [1.54, 1.807) is 19.1 Å². The number of rotatable bonds is 7. The lowest BCUT2D eigenvalue weighted by molar-refractivity contribution is -0.130. The minimum atomic E-state index is -1.47. The predicted octanol–water partition coefficient (Wildman–Crippen LogP) is 2.91. The summed E-state index contributed by atoms with van der Waals surface area (Å²) < 4.78 is 11.1. The Morgan fingerprint density at radius 3 is 2.41 bits per heavy atom. The van der Waals surface area contributed by atoms with Crippen LogP contribution in [-0.2, 0) is 4.79 Å². The van der Waals surface area contributed by atoms with Crippen molar-refractivity contribution in [1.29, 1.82) is 0 Å². The first-order valence-corrected chi connectivity index (χ1v) is 10.8. The monoisotopic (exact) mass is 321 g/mol. The molecular weight excluding hydrogens is 298 g/mol. The van der Waals surface area contributed by atoms with Crippen LogP contribution in [0.2, 0.25) is 19.6 Å².